The van der Waals surface area contributed by atoms with Crippen LogP contribution in [0.5, 0.6) is 0 Å². The molecule has 1 aromatic heterocycles. The van der Waals surface area contributed by atoms with Crippen molar-refractivity contribution in [2.45, 2.75) is 64.3 Å². The zero-order chi connectivity index (χ0) is 16.6. The summed E-state index contributed by atoms with van der Waals surface area (Å²) >= 11 is 0. The highest BCUT2D eigenvalue weighted by molar-refractivity contribution is 6.77. The first-order valence-electron chi connectivity index (χ1n) is 8.75. The number of fused-ring (bicyclic) bond motifs is 1. The number of hydrogen-bond acceptors (Lipinski definition) is 1. The molecule has 124 valence electrons. The van der Waals surface area contributed by atoms with E-state index in [4.69, 9.17) is 0 Å². The van der Waals surface area contributed by atoms with E-state index in [-0.39, 0.29) is 5.91 Å². The predicted octanol–water partition coefficient (Wildman–Crippen LogP) is 4.78. The van der Waals surface area contributed by atoms with Crippen LogP contribution in [0.4, 0.5) is 0 Å². The highest BCUT2D eigenvalue weighted by Gasteiger charge is 2.27. The molecule has 1 atom stereocenters. The lowest BCUT2D eigenvalue weighted by Crippen LogP contribution is -2.35. The summed E-state index contributed by atoms with van der Waals surface area (Å²) in [6.45, 7) is 9.13. The molecular formula is C19H28N2OSi. The summed E-state index contributed by atoms with van der Waals surface area (Å²) in [5.74, 6) is 0.0459. The molecule has 0 spiro atoms. The maximum Gasteiger partial charge on any atom is 0.267 e. The zero-order valence-electron chi connectivity index (χ0n) is 14.8. The molecule has 0 bridgehead atoms. The average molecular weight is 329 g/mol. The molecule has 1 fully saturated rings. The fraction of sp³-hybridized carbons (Fsp3) is 0.526. The number of carbonyl (C=O) groups excluding carboxylic acids is 1. The smallest absolute Gasteiger partial charge is 0.267 e. The number of aromatic nitrogens is 1. The van der Waals surface area contributed by atoms with Gasteiger partial charge >= 0.3 is 0 Å². The van der Waals surface area contributed by atoms with Gasteiger partial charge in [0.1, 0.15) is 5.69 Å². The van der Waals surface area contributed by atoms with E-state index in [1.807, 2.05) is 6.07 Å². The van der Waals surface area contributed by atoms with Gasteiger partial charge in [0.15, 0.2) is 0 Å². The number of hydrogen-bond donors (Lipinski definition) is 2. The second-order valence-electron chi connectivity index (χ2n) is 7.99. The van der Waals surface area contributed by atoms with Crippen molar-refractivity contribution in [1.29, 1.82) is 0 Å². The Bertz CT molecular complexity index is 732. The van der Waals surface area contributed by atoms with Gasteiger partial charge in [-0.2, -0.15) is 0 Å². The van der Waals surface area contributed by atoms with Gasteiger partial charge < -0.3 is 10.3 Å². The van der Waals surface area contributed by atoms with E-state index in [1.165, 1.54) is 29.6 Å². The van der Waals surface area contributed by atoms with Gasteiger partial charge in [0.25, 0.3) is 5.91 Å². The fourth-order valence-corrected chi connectivity index (χ4v) is 6.33. The number of amides is 1. The minimum Gasteiger partial charge on any atom is -0.351 e. The molecule has 2 aromatic rings. The van der Waals surface area contributed by atoms with Gasteiger partial charge in [-0.25, -0.2) is 0 Å². The molecule has 0 aliphatic carbocycles. The van der Waals surface area contributed by atoms with E-state index in [9.17, 15) is 4.79 Å². The van der Waals surface area contributed by atoms with Crippen LogP contribution >= 0.6 is 0 Å². The largest absolute Gasteiger partial charge is 0.351 e. The molecule has 1 aliphatic rings. The minimum absolute atomic E-state index is 0.0459. The summed E-state index contributed by atoms with van der Waals surface area (Å²) in [6.07, 6.45) is 3.53. The Hall–Kier alpha value is -1.55. The Balaban J connectivity index is 1.74. The monoisotopic (exact) mass is 328 g/mol. The number of aromatic amines is 1. The first-order chi connectivity index (χ1) is 10.8. The van der Waals surface area contributed by atoms with Crippen LogP contribution in [0.3, 0.4) is 0 Å². The SMILES string of the molecule is Cc1cc(C)c2cc(C(=O)NC3CCC[Si](C)(C)CC3)[nH]c2c1. The van der Waals surface area contributed by atoms with Gasteiger partial charge in [-0.1, -0.05) is 37.7 Å². The first kappa shape index (κ1) is 16.3. The van der Waals surface area contributed by atoms with E-state index in [0.29, 0.717) is 11.7 Å². The lowest BCUT2D eigenvalue weighted by molar-refractivity contribution is 0.0930. The van der Waals surface area contributed by atoms with Crippen molar-refractivity contribution >= 4 is 24.9 Å². The molecular weight excluding hydrogens is 300 g/mol. The lowest BCUT2D eigenvalue weighted by Gasteiger charge is -2.19. The normalized spacial score (nSPS) is 21.1. The summed E-state index contributed by atoms with van der Waals surface area (Å²) in [5.41, 5.74) is 4.19. The highest BCUT2D eigenvalue weighted by atomic mass is 28.3. The molecule has 1 aliphatic heterocycles. The number of benzene rings is 1. The van der Waals surface area contributed by atoms with Crippen molar-refractivity contribution in [3.05, 3.63) is 35.0 Å². The van der Waals surface area contributed by atoms with Crippen LogP contribution in [0.1, 0.15) is 40.9 Å². The molecule has 3 nitrogen and oxygen atoms in total. The van der Waals surface area contributed by atoms with E-state index >= 15 is 0 Å². The highest BCUT2D eigenvalue weighted by Crippen LogP contribution is 2.27. The topological polar surface area (TPSA) is 44.9 Å². The first-order valence-corrected chi connectivity index (χ1v) is 12.2. The van der Waals surface area contributed by atoms with Crippen LogP contribution in [-0.2, 0) is 0 Å². The van der Waals surface area contributed by atoms with Crippen LogP contribution in [0, 0.1) is 13.8 Å². The second-order valence-corrected chi connectivity index (χ2v) is 13.3. The Morgan fingerprint density at radius 3 is 2.74 bits per heavy atom. The minimum atomic E-state index is -1.01. The Labute approximate surface area is 139 Å². The molecule has 0 saturated carbocycles. The van der Waals surface area contributed by atoms with Crippen molar-refractivity contribution in [3.63, 3.8) is 0 Å². The van der Waals surface area contributed by atoms with Gasteiger partial charge in [0, 0.05) is 25.0 Å². The summed E-state index contributed by atoms with van der Waals surface area (Å²) in [4.78, 5) is 15.9. The summed E-state index contributed by atoms with van der Waals surface area (Å²) < 4.78 is 0. The summed E-state index contributed by atoms with van der Waals surface area (Å²) in [7, 11) is -1.01. The second kappa shape index (κ2) is 6.15. The molecule has 0 radical (unpaired) electrons. The third kappa shape index (κ3) is 3.69. The van der Waals surface area contributed by atoms with Crippen LogP contribution in [0.15, 0.2) is 18.2 Å². The van der Waals surface area contributed by atoms with Crippen molar-refractivity contribution in [2.24, 2.45) is 0 Å². The maximum atomic E-state index is 12.6. The lowest BCUT2D eigenvalue weighted by atomic mass is 10.1. The summed E-state index contributed by atoms with van der Waals surface area (Å²) in [5, 5.41) is 4.41. The summed E-state index contributed by atoms with van der Waals surface area (Å²) in [6, 6.07) is 9.32. The van der Waals surface area contributed by atoms with Crippen LogP contribution in [0.25, 0.3) is 10.9 Å². The van der Waals surface area contributed by atoms with Crippen molar-refractivity contribution < 1.29 is 4.79 Å². The molecule has 1 amide bonds. The van der Waals surface area contributed by atoms with Crippen LogP contribution < -0.4 is 5.32 Å². The zero-order valence-corrected chi connectivity index (χ0v) is 15.8. The van der Waals surface area contributed by atoms with E-state index in [0.717, 1.165) is 23.7 Å². The van der Waals surface area contributed by atoms with Crippen molar-refractivity contribution in [3.8, 4) is 0 Å². The molecule has 4 heteroatoms. The molecule has 1 aromatic carbocycles. The number of nitrogens with one attached hydrogen (secondary N) is 2. The molecule has 3 rings (SSSR count). The van der Waals surface area contributed by atoms with Crippen molar-refractivity contribution in [2.75, 3.05) is 0 Å². The molecule has 1 saturated heterocycles. The Kier molecular flexibility index (Phi) is 4.36. The van der Waals surface area contributed by atoms with Crippen molar-refractivity contribution in [1.82, 2.24) is 10.3 Å². The third-order valence-corrected chi connectivity index (χ3v) is 8.59. The van der Waals surface area contributed by atoms with Gasteiger partial charge in [0.2, 0.25) is 0 Å². The predicted molar refractivity (Wildman–Crippen MR) is 100.0 cm³/mol. The van der Waals surface area contributed by atoms with E-state index in [1.54, 1.807) is 0 Å². The van der Waals surface area contributed by atoms with Gasteiger partial charge in [-0.15, -0.1) is 0 Å². The number of rotatable bonds is 2. The van der Waals surface area contributed by atoms with Crippen LogP contribution in [0.2, 0.25) is 25.2 Å². The number of H-pyrrole nitrogens is 1. The Morgan fingerprint density at radius 2 is 1.96 bits per heavy atom. The number of aryl methyl sites for hydroxylation is 2. The quantitative estimate of drug-likeness (QED) is 0.766. The van der Waals surface area contributed by atoms with E-state index in [2.05, 4.69) is 49.4 Å². The Morgan fingerprint density at radius 1 is 1.17 bits per heavy atom. The maximum absolute atomic E-state index is 12.6. The molecule has 2 heterocycles. The fourth-order valence-electron chi connectivity index (χ4n) is 3.79. The third-order valence-electron chi connectivity index (χ3n) is 5.24. The standard InChI is InChI=1S/C19H28N2OSi/c1-13-10-14(2)16-12-18(21-17(16)11-13)19(22)20-15-6-5-8-23(3,4)9-7-15/h10-12,15,21H,5-9H2,1-4H3,(H,20,22). The average Bonchev–Trinajstić information content (AvgIpc) is 2.81. The van der Waals surface area contributed by atoms with E-state index < -0.39 is 8.07 Å². The molecule has 23 heavy (non-hydrogen) atoms. The van der Waals surface area contributed by atoms with Gasteiger partial charge in [-0.05, 0) is 49.9 Å². The number of carbonyl (C=O) groups is 1. The van der Waals surface area contributed by atoms with Gasteiger partial charge in [0.05, 0.1) is 0 Å². The van der Waals surface area contributed by atoms with Crippen LogP contribution in [-0.4, -0.2) is 25.0 Å². The van der Waals surface area contributed by atoms with Gasteiger partial charge in [-0.3, -0.25) is 4.79 Å². The molecule has 1 unspecified atom stereocenters. The molecule has 2 N–H and O–H groups in total.